The van der Waals surface area contributed by atoms with Crippen LogP contribution in [0.3, 0.4) is 0 Å². The van der Waals surface area contributed by atoms with E-state index in [1.807, 2.05) is 0 Å². The minimum atomic E-state index is -0.791. The first kappa shape index (κ1) is 15.3. The Labute approximate surface area is 115 Å². The maximum atomic E-state index is 13.5. The Kier molecular flexibility index (Phi) is 6.47. The van der Waals surface area contributed by atoms with Crippen molar-refractivity contribution in [1.29, 1.82) is 0 Å². The molecule has 100 valence electrons. The first-order valence-electron chi connectivity index (χ1n) is 6.24. The van der Waals surface area contributed by atoms with Gasteiger partial charge in [0.25, 0.3) is 0 Å². The molecule has 0 fully saturated rings. The van der Waals surface area contributed by atoms with Gasteiger partial charge in [-0.05, 0) is 18.6 Å². The van der Waals surface area contributed by atoms with Crippen molar-refractivity contribution in [1.82, 2.24) is 0 Å². The number of hydrogen-bond donors (Lipinski definition) is 0. The standard InChI is InChI=1S/C14H17BrF2O/c1-2-3-4-5-6-7-13(18)14-11(16)8-10(15)9-12(14)17/h8-9H,2-7H2,1H3. The molecule has 0 heterocycles. The van der Waals surface area contributed by atoms with Crippen molar-refractivity contribution in [2.24, 2.45) is 0 Å². The Balaban J connectivity index is 2.57. The zero-order valence-electron chi connectivity index (χ0n) is 10.4. The van der Waals surface area contributed by atoms with Crippen molar-refractivity contribution in [3.05, 3.63) is 33.8 Å². The van der Waals surface area contributed by atoms with Gasteiger partial charge >= 0.3 is 0 Å². The Hall–Kier alpha value is -0.770. The highest BCUT2D eigenvalue weighted by Crippen LogP contribution is 2.21. The second-order valence-corrected chi connectivity index (χ2v) is 5.25. The van der Waals surface area contributed by atoms with Gasteiger partial charge in [-0.25, -0.2) is 8.78 Å². The molecule has 0 aliphatic carbocycles. The molecule has 0 spiro atoms. The van der Waals surface area contributed by atoms with Gasteiger partial charge in [-0.1, -0.05) is 48.5 Å². The predicted molar refractivity (Wildman–Crippen MR) is 71.8 cm³/mol. The van der Waals surface area contributed by atoms with E-state index in [1.54, 1.807) is 0 Å². The fourth-order valence-electron chi connectivity index (χ4n) is 1.82. The molecular weight excluding hydrogens is 302 g/mol. The monoisotopic (exact) mass is 318 g/mol. The van der Waals surface area contributed by atoms with Crippen molar-refractivity contribution >= 4 is 21.7 Å². The highest BCUT2D eigenvalue weighted by Gasteiger charge is 2.17. The van der Waals surface area contributed by atoms with Crippen LogP contribution in [0.5, 0.6) is 0 Å². The van der Waals surface area contributed by atoms with Gasteiger partial charge in [0.1, 0.15) is 11.6 Å². The summed E-state index contributed by atoms with van der Waals surface area (Å²) in [6.45, 7) is 2.11. The summed E-state index contributed by atoms with van der Waals surface area (Å²) >= 11 is 2.99. The summed E-state index contributed by atoms with van der Waals surface area (Å²) in [5.74, 6) is -2.03. The molecule has 0 saturated carbocycles. The SMILES string of the molecule is CCCCCCCC(=O)c1c(F)cc(Br)cc1F. The van der Waals surface area contributed by atoms with Crippen molar-refractivity contribution in [2.45, 2.75) is 45.4 Å². The summed E-state index contributed by atoms with van der Waals surface area (Å²) in [5, 5.41) is 0. The molecule has 0 unspecified atom stereocenters. The summed E-state index contributed by atoms with van der Waals surface area (Å²) in [6.07, 6.45) is 5.15. The lowest BCUT2D eigenvalue weighted by Gasteiger charge is -2.05. The quantitative estimate of drug-likeness (QED) is 0.494. The van der Waals surface area contributed by atoms with Gasteiger partial charge in [0, 0.05) is 10.9 Å². The third-order valence-electron chi connectivity index (χ3n) is 2.79. The van der Waals surface area contributed by atoms with Gasteiger partial charge < -0.3 is 0 Å². The summed E-state index contributed by atoms with van der Waals surface area (Å²) < 4.78 is 27.3. The molecule has 0 atom stereocenters. The second-order valence-electron chi connectivity index (χ2n) is 4.33. The van der Waals surface area contributed by atoms with Crippen LogP contribution in [0.4, 0.5) is 8.78 Å². The second kappa shape index (κ2) is 7.62. The molecule has 0 aliphatic heterocycles. The first-order chi connectivity index (χ1) is 8.56. The molecule has 18 heavy (non-hydrogen) atoms. The van der Waals surface area contributed by atoms with Crippen LogP contribution >= 0.6 is 15.9 Å². The van der Waals surface area contributed by atoms with Gasteiger partial charge in [0.15, 0.2) is 5.78 Å². The van der Waals surface area contributed by atoms with E-state index in [4.69, 9.17) is 0 Å². The lowest BCUT2D eigenvalue weighted by Crippen LogP contribution is -2.06. The van der Waals surface area contributed by atoms with Crippen LogP contribution < -0.4 is 0 Å². The van der Waals surface area contributed by atoms with Crippen molar-refractivity contribution < 1.29 is 13.6 Å². The summed E-state index contributed by atoms with van der Waals surface area (Å²) in [6, 6.07) is 2.24. The molecule has 0 saturated heterocycles. The molecule has 0 radical (unpaired) electrons. The number of carbonyl (C=O) groups excluding carboxylic acids is 1. The van der Waals surface area contributed by atoms with Crippen molar-refractivity contribution in [3.8, 4) is 0 Å². The van der Waals surface area contributed by atoms with Crippen molar-refractivity contribution in [3.63, 3.8) is 0 Å². The summed E-state index contributed by atoms with van der Waals surface area (Å²) in [5.41, 5.74) is -0.409. The maximum absolute atomic E-state index is 13.5. The summed E-state index contributed by atoms with van der Waals surface area (Å²) in [7, 11) is 0. The van der Waals surface area contributed by atoms with Gasteiger partial charge in [0.2, 0.25) is 0 Å². The number of rotatable bonds is 7. The van der Waals surface area contributed by atoms with E-state index in [-0.39, 0.29) is 6.42 Å². The van der Waals surface area contributed by atoms with Gasteiger partial charge in [-0.2, -0.15) is 0 Å². The molecule has 0 aromatic heterocycles. The van der Waals surface area contributed by atoms with E-state index >= 15 is 0 Å². The minimum Gasteiger partial charge on any atom is -0.294 e. The predicted octanol–water partition coefficient (Wildman–Crippen LogP) is 5.27. The number of hydrogen-bond acceptors (Lipinski definition) is 1. The Morgan fingerprint density at radius 2 is 1.67 bits per heavy atom. The molecule has 1 aromatic rings. The Morgan fingerprint density at radius 1 is 1.11 bits per heavy atom. The van der Waals surface area contributed by atoms with Crippen LogP contribution in [0.15, 0.2) is 16.6 Å². The van der Waals surface area contributed by atoms with Crippen LogP contribution in [0.2, 0.25) is 0 Å². The molecular formula is C14H17BrF2O. The number of Topliss-reactive ketones (excluding diaryl/α,β-unsaturated/α-hetero) is 1. The average Bonchev–Trinajstić information content (AvgIpc) is 2.27. The highest BCUT2D eigenvalue weighted by atomic mass is 79.9. The Bertz CT molecular complexity index is 395. The van der Waals surface area contributed by atoms with E-state index < -0.39 is 23.0 Å². The smallest absolute Gasteiger partial charge is 0.168 e. The molecule has 1 rings (SSSR count). The third-order valence-corrected chi connectivity index (χ3v) is 3.25. The molecule has 1 nitrogen and oxygen atoms in total. The molecule has 1 aromatic carbocycles. The molecule has 0 aliphatic rings. The Morgan fingerprint density at radius 3 is 2.22 bits per heavy atom. The molecule has 0 bridgehead atoms. The first-order valence-corrected chi connectivity index (χ1v) is 7.03. The molecule has 0 amide bonds. The highest BCUT2D eigenvalue weighted by molar-refractivity contribution is 9.10. The lowest BCUT2D eigenvalue weighted by atomic mass is 10.0. The largest absolute Gasteiger partial charge is 0.294 e. The third kappa shape index (κ3) is 4.48. The normalized spacial score (nSPS) is 10.7. The van der Waals surface area contributed by atoms with E-state index in [1.165, 1.54) is 0 Å². The average molecular weight is 319 g/mol. The zero-order chi connectivity index (χ0) is 13.5. The number of halogens is 3. The van der Waals surface area contributed by atoms with Crippen LogP contribution in [0.1, 0.15) is 55.8 Å². The number of benzene rings is 1. The maximum Gasteiger partial charge on any atom is 0.168 e. The van der Waals surface area contributed by atoms with Crippen LogP contribution in [-0.4, -0.2) is 5.78 Å². The van der Waals surface area contributed by atoms with E-state index in [0.717, 1.165) is 37.8 Å². The number of ketones is 1. The fraction of sp³-hybridized carbons (Fsp3) is 0.500. The van der Waals surface area contributed by atoms with Crippen molar-refractivity contribution in [2.75, 3.05) is 0 Å². The summed E-state index contributed by atoms with van der Waals surface area (Å²) in [4.78, 5) is 11.7. The minimum absolute atomic E-state index is 0.208. The van der Waals surface area contributed by atoms with Gasteiger partial charge in [0.05, 0.1) is 5.56 Å². The van der Waals surface area contributed by atoms with Gasteiger partial charge in [-0.3, -0.25) is 4.79 Å². The topological polar surface area (TPSA) is 17.1 Å². The van der Waals surface area contributed by atoms with E-state index in [0.29, 0.717) is 10.9 Å². The fourth-order valence-corrected chi connectivity index (χ4v) is 2.22. The van der Waals surface area contributed by atoms with Crippen LogP contribution in [0.25, 0.3) is 0 Å². The zero-order valence-corrected chi connectivity index (χ0v) is 12.0. The van der Waals surface area contributed by atoms with Crippen LogP contribution in [-0.2, 0) is 0 Å². The number of unbranched alkanes of at least 4 members (excludes halogenated alkanes) is 4. The van der Waals surface area contributed by atoms with Gasteiger partial charge in [-0.15, -0.1) is 0 Å². The molecule has 4 heteroatoms. The van der Waals surface area contributed by atoms with E-state index in [9.17, 15) is 13.6 Å². The number of carbonyl (C=O) groups is 1. The molecule has 0 N–H and O–H groups in total. The van der Waals surface area contributed by atoms with E-state index in [2.05, 4.69) is 22.9 Å². The lowest BCUT2D eigenvalue weighted by molar-refractivity contribution is 0.0971. The van der Waals surface area contributed by atoms with Crippen LogP contribution in [0, 0.1) is 11.6 Å².